The summed E-state index contributed by atoms with van der Waals surface area (Å²) in [6.07, 6.45) is 3.95. The second-order valence-electron chi connectivity index (χ2n) is 5.25. The predicted octanol–water partition coefficient (Wildman–Crippen LogP) is 3.62. The Bertz CT molecular complexity index is 764. The Balaban J connectivity index is 2.12. The van der Waals surface area contributed by atoms with E-state index in [1.165, 1.54) is 24.5 Å². The smallest absolute Gasteiger partial charge is 0.313 e. The summed E-state index contributed by atoms with van der Waals surface area (Å²) in [6, 6.07) is 8.24. The zero-order valence-corrected chi connectivity index (χ0v) is 14.3. The number of benzene rings is 1. The minimum atomic E-state index is -0.519. The Hall–Kier alpha value is -3.16. The highest BCUT2D eigenvalue weighted by atomic mass is 16.6. The van der Waals surface area contributed by atoms with Gasteiger partial charge in [0, 0.05) is 12.3 Å². The molecule has 0 saturated heterocycles. The molecule has 0 spiro atoms. The van der Waals surface area contributed by atoms with Crippen LogP contribution in [-0.4, -0.2) is 29.3 Å². The van der Waals surface area contributed by atoms with Crippen LogP contribution in [0.4, 0.5) is 11.5 Å². The van der Waals surface area contributed by atoms with Gasteiger partial charge in [0.15, 0.2) is 11.5 Å². The first-order valence-corrected chi connectivity index (χ1v) is 7.78. The molecule has 1 aromatic heterocycles. The van der Waals surface area contributed by atoms with Gasteiger partial charge in [-0.15, -0.1) is 0 Å². The maximum atomic E-state index is 10.9. The molecule has 0 radical (unpaired) electrons. The summed E-state index contributed by atoms with van der Waals surface area (Å²) in [5.41, 5.74) is 3.19. The average molecular weight is 344 g/mol. The minimum absolute atomic E-state index is 0.0763. The van der Waals surface area contributed by atoms with Crippen LogP contribution in [0.1, 0.15) is 25.8 Å². The van der Waals surface area contributed by atoms with E-state index in [9.17, 15) is 10.1 Å². The van der Waals surface area contributed by atoms with E-state index in [1.54, 1.807) is 19.2 Å². The highest BCUT2D eigenvalue weighted by molar-refractivity contribution is 5.81. The number of hydrazone groups is 1. The normalized spacial score (nSPS) is 12.0. The Labute approximate surface area is 145 Å². The molecule has 1 heterocycles. The molecule has 0 fully saturated rings. The number of hydrogen-bond donors (Lipinski definition) is 1. The van der Waals surface area contributed by atoms with Crippen molar-refractivity contribution in [2.45, 2.75) is 26.4 Å². The molecule has 8 nitrogen and oxygen atoms in total. The van der Waals surface area contributed by atoms with Crippen molar-refractivity contribution in [3.8, 4) is 11.5 Å². The van der Waals surface area contributed by atoms with Gasteiger partial charge in [-0.2, -0.15) is 5.10 Å². The van der Waals surface area contributed by atoms with Crippen LogP contribution >= 0.6 is 0 Å². The Kier molecular flexibility index (Phi) is 6.27. The van der Waals surface area contributed by atoms with E-state index >= 15 is 0 Å². The summed E-state index contributed by atoms with van der Waals surface area (Å²) in [7, 11) is 1.56. The van der Waals surface area contributed by atoms with Crippen LogP contribution in [0, 0.1) is 10.1 Å². The molecule has 2 aromatic rings. The SMILES string of the molecule is CC[C@@H](C)Oc1ccc(/C=N\Nc2ncccc2[N+](=O)[O-])cc1OC. The number of methoxy groups -OCH3 is 1. The van der Waals surface area contributed by atoms with Crippen molar-refractivity contribution < 1.29 is 14.4 Å². The molecule has 0 amide bonds. The van der Waals surface area contributed by atoms with Crippen LogP contribution < -0.4 is 14.9 Å². The molecule has 25 heavy (non-hydrogen) atoms. The molecule has 132 valence electrons. The molecule has 2 rings (SSSR count). The van der Waals surface area contributed by atoms with E-state index in [0.717, 1.165) is 12.0 Å². The van der Waals surface area contributed by atoms with Gasteiger partial charge in [-0.25, -0.2) is 4.98 Å². The molecule has 1 N–H and O–H groups in total. The standard InChI is InChI=1S/C17H20N4O4/c1-4-12(2)25-15-8-7-13(10-16(15)24-3)11-19-20-17-14(21(22)23)6-5-9-18-17/h5-12H,4H2,1-3H3,(H,18,20)/b19-11-/t12-/m1/s1. The number of aromatic nitrogens is 1. The molecule has 0 aliphatic rings. The molecule has 1 aromatic carbocycles. The third-order valence-electron chi connectivity index (χ3n) is 3.46. The van der Waals surface area contributed by atoms with Crippen LogP contribution in [0.25, 0.3) is 0 Å². The van der Waals surface area contributed by atoms with E-state index < -0.39 is 4.92 Å². The zero-order valence-electron chi connectivity index (χ0n) is 14.3. The van der Waals surface area contributed by atoms with Crippen LogP contribution in [0.15, 0.2) is 41.6 Å². The third kappa shape index (κ3) is 4.90. The number of nitrogens with zero attached hydrogens (tertiary/aromatic N) is 3. The number of pyridine rings is 1. The topological polar surface area (TPSA) is 98.9 Å². The summed E-state index contributed by atoms with van der Waals surface area (Å²) >= 11 is 0. The fourth-order valence-electron chi connectivity index (χ4n) is 1.96. The van der Waals surface area contributed by atoms with Gasteiger partial charge in [0.2, 0.25) is 5.82 Å². The van der Waals surface area contributed by atoms with E-state index in [-0.39, 0.29) is 17.6 Å². The van der Waals surface area contributed by atoms with Crippen LogP contribution in [0.3, 0.4) is 0 Å². The second kappa shape index (κ2) is 8.62. The van der Waals surface area contributed by atoms with E-state index in [0.29, 0.717) is 11.5 Å². The third-order valence-corrected chi connectivity index (χ3v) is 3.46. The molecule has 8 heteroatoms. The molecule has 0 saturated carbocycles. The van der Waals surface area contributed by atoms with Gasteiger partial charge >= 0.3 is 5.69 Å². The first-order chi connectivity index (χ1) is 12.0. The van der Waals surface area contributed by atoms with Gasteiger partial charge < -0.3 is 9.47 Å². The summed E-state index contributed by atoms with van der Waals surface area (Å²) in [5.74, 6) is 1.32. The van der Waals surface area contributed by atoms with Crippen LogP contribution in [0.5, 0.6) is 11.5 Å². The van der Waals surface area contributed by atoms with Crippen molar-refractivity contribution in [3.05, 3.63) is 52.2 Å². The van der Waals surface area contributed by atoms with E-state index in [1.807, 2.05) is 19.9 Å². The van der Waals surface area contributed by atoms with Crippen molar-refractivity contribution in [1.82, 2.24) is 4.98 Å². The summed E-state index contributed by atoms with van der Waals surface area (Å²) < 4.78 is 11.1. The second-order valence-corrected chi connectivity index (χ2v) is 5.25. The fraction of sp³-hybridized carbons (Fsp3) is 0.294. The lowest BCUT2D eigenvalue weighted by molar-refractivity contribution is -0.384. The molecule has 1 atom stereocenters. The molecule has 0 unspecified atom stereocenters. The zero-order chi connectivity index (χ0) is 18.2. The first-order valence-electron chi connectivity index (χ1n) is 7.78. The number of anilines is 1. The van der Waals surface area contributed by atoms with Crippen molar-refractivity contribution in [1.29, 1.82) is 0 Å². The maximum Gasteiger partial charge on any atom is 0.313 e. The lowest BCUT2D eigenvalue weighted by Crippen LogP contribution is -2.10. The number of rotatable bonds is 8. The van der Waals surface area contributed by atoms with Crippen molar-refractivity contribution >= 4 is 17.7 Å². The lowest BCUT2D eigenvalue weighted by atomic mass is 10.2. The predicted molar refractivity (Wildman–Crippen MR) is 95.5 cm³/mol. The maximum absolute atomic E-state index is 10.9. The average Bonchev–Trinajstić information content (AvgIpc) is 2.62. The monoisotopic (exact) mass is 344 g/mol. The van der Waals surface area contributed by atoms with Crippen molar-refractivity contribution in [2.24, 2.45) is 5.10 Å². The highest BCUT2D eigenvalue weighted by Gasteiger charge is 2.13. The first kappa shape index (κ1) is 18.2. The van der Waals surface area contributed by atoms with Crippen molar-refractivity contribution in [3.63, 3.8) is 0 Å². The Morgan fingerprint density at radius 3 is 2.88 bits per heavy atom. The molecule has 0 aliphatic heterocycles. The molecule has 0 aliphatic carbocycles. The quantitative estimate of drug-likeness (QED) is 0.446. The molecular weight excluding hydrogens is 324 g/mol. The summed E-state index contributed by atoms with van der Waals surface area (Å²) in [4.78, 5) is 14.3. The van der Waals surface area contributed by atoms with Gasteiger partial charge in [-0.05, 0) is 43.2 Å². The van der Waals surface area contributed by atoms with E-state index in [2.05, 4.69) is 15.5 Å². The van der Waals surface area contributed by atoms with Gasteiger partial charge in [0.1, 0.15) is 0 Å². The van der Waals surface area contributed by atoms with E-state index in [4.69, 9.17) is 9.47 Å². The Morgan fingerprint density at radius 2 is 2.20 bits per heavy atom. The van der Waals surface area contributed by atoms with Gasteiger partial charge in [-0.1, -0.05) is 6.92 Å². The summed E-state index contributed by atoms with van der Waals surface area (Å²) in [6.45, 7) is 4.03. The van der Waals surface area contributed by atoms with Crippen LogP contribution in [0.2, 0.25) is 0 Å². The summed E-state index contributed by atoms with van der Waals surface area (Å²) in [5, 5.41) is 14.9. The number of nitrogens with one attached hydrogen (secondary N) is 1. The fourth-order valence-corrected chi connectivity index (χ4v) is 1.96. The largest absolute Gasteiger partial charge is 0.493 e. The lowest BCUT2D eigenvalue weighted by Gasteiger charge is -2.15. The number of hydrogen-bond acceptors (Lipinski definition) is 7. The van der Waals surface area contributed by atoms with Crippen LogP contribution in [-0.2, 0) is 0 Å². The molecular formula is C17H20N4O4. The minimum Gasteiger partial charge on any atom is -0.493 e. The highest BCUT2D eigenvalue weighted by Crippen LogP contribution is 2.29. The van der Waals surface area contributed by atoms with Gasteiger partial charge in [0.05, 0.1) is 24.4 Å². The van der Waals surface area contributed by atoms with Gasteiger partial charge in [0.25, 0.3) is 0 Å². The molecule has 0 bridgehead atoms. The van der Waals surface area contributed by atoms with Gasteiger partial charge in [-0.3, -0.25) is 15.5 Å². The number of ether oxygens (including phenoxy) is 2. The Morgan fingerprint density at radius 1 is 1.40 bits per heavy atom. The number of nitro groups is 1. The van der Waals surface area contributed by atoms with Crippen molar-refractivity contribution in [2.75, 3.05) is 12.5 Å².